The predicted octanol–water partition coefficient (Wildman–Crippen LogP) is 3.60. The second kappa shape index (κ2) is 11.5. The molecule has 1 aliphatic rings. The summed E-state index contributed by atoms with van der Waals surface area (Å²) in [5, 5.41) is 7.99. The van der Waals surface area contributed by atoms with Crippen LogP contribution in [-0.4, -0.2) is 65.3 Å². The van der Waals surface area contributed by atoms with E-state index in [0.717, 1.165) is 25.9 Å². The topological polar surface area (TPSA) is 127 Å². The molecule has 0 aliphatic carbocycles. The number of hydrogen-bond acceptors (Lipinski definition) is 10. The summed E-state index contributed by atoms with van der Waals surface area (Å²) in [7, 11) is 4.86. The molecule has 4 heterocycles. The quantitative estimate of drug-likeness (QED) is 0.420. The number of benzene rings is 1. The number of anilines is 2. The summed E-state index contributed by atoms with van der Waals surface area (Å²) in [6.45, 7) is 1.69. The van der Waals surface area contributed by atoms with Gasteiger partial charge >= 0.3 is 0 Å². The van der Waals surface area contributed by atoms with Gasteiger partial charge in [0.15, 0.2) is 11.6 Å². The second-order valence-electron chi connectivity index (χ2n) is 7.85. The Hall–Kier alpha value is -4.19. The van der Waals surface area contributed by atoms with Gasteiger partial charge in [0.1, 0.15) is 17.2 Å². The molecule has 0 radical (unpaired) electrons. The Morgan fingerprint density at radius 2 is 1.78 bits per heavy atom. The van der Waals surface area contributed by atoms with Gasteiger partial charge in [0.25, 0.3) is 0 Å². The molecular weight excluding hydrogens is 469 g/mol. The third-order valence-electron chi connectivity index (χ3n) is 5.66. The molecule has 12 heteroatoms. The molecule has 0 bridgehead atoms. The van der Waals surface area contributed by atoms with Crippen molar-refractivity contribution < 1.29 is 24.4 Å². The zero-order valence-corrected chi connectivity index (χ0v) is 20.3. The molecule has 1 aromatic carbocycles. The number of methoxy groups -OCH3 is 3. The maximum atomic E-state index is 12.6. The Labute approximate surface area is 209 Å². The van der Waals surface area contributed by atoms with Crippen LogP contribution in [0, 0.1) is 5.82 Å². The Morgan fingerprint density at radius 3 is 2.39 bits per heavy atom. The Balaban J connectivity index is 0.000000211. The fourth-order valence-corrected chi connectivity index (χ4v) is 3.92. The third-order valence-corrected chi connectivity index (χ3v) is 5.66. The molecule has 0 spiro atoms. The number of aromatic nitrogens is 5. The zero-order valence-electron chi connectivity index (χ0n) is 20.3. The van der Waals surface area contributed by atoms with Crippen LogP contribution in [0.3, 0.4) is 0 Å². The normalized spacial score (nSPS) is 15.2. The first kappa shape index (κ1) is 24.9. The van der Waals surface area contributed by atoms with E-state index in [1.165, 1.54) is 12.4 Å². The van der Waals surface area contributed by atoms with Gasteiger partial charge in [0.05, 0.1) is 39.0 Å². The van der Waals surface area contributed by atoms with E-state index in [-0.39, 0.29) is 13.5 Å². The van der Waals surface area contributed by atoms with Crippen LogP contribution in [0.25, 0.3) is 17.3 Å². The SMILES string of the molecule is CO[C@H]1CCCN(c2ncc(F)cn2)C1.COc1cccc(OC)c1-n1c(N)nnc1-c1ccco1.[HH]. The van der Waals surface area contributed by atoms with E-state index in [1.807, 2.05) is 23.1 Å². The molecule has 192 valence electrons. The van der Waals surface area contributed by atoms with Crippen molar-refractivity contribution in [3.8, 4) is 28.8 Å². The average molecular weight is 500 g/mol. The van der Waals surface area contributed by atoms with Crippen LogP contribution in [0.1, 0.15) is 14.3 Å². The summed E-state index contributed by atoms with van der Waals surface area (Å²) < 4.78 is 35.7. The molecule has 1 saturated heterocycles. The molecule has 4 aromatic rings. The van der Waals surface area contributed by atoms with Crippen LogP contribution in [0.5, 0.6) is 11.5 Å². The molecule has 2 N–H and O–H groups in total. The summed E-state index contributed by atoms with van der Waals surface area (Å²) >= 11 is 0. The number of ether oxygens (including phenoxy) is 3. The third kappa shape index (κ3) is 5.38. The summed E-state index contributed by atoms with van der Waals surface area (Å²) in [5.74, 6) is 2.59. The minimum Gasteiger partial charge on any atom is -0.494 e. The molecule has 1 atom stereocenters. The molecule has 1 aliphatic heterocycles. The summed E-state index contributed by atoms with van der Waals surface area (Å²) in [4.78, 5) is 9.93. The number of rotatable bonds is 6. The van der Waals surface area contributed by atoms with Gasteiger partial charge in [-0.15, -0.1) is 10.2 Å². The van der Waals surface area contributed by atoms with Gasteiger partial charge in [-0.2, -0.15) is 0 Å². The van der Waals surface area contributed by atoms with E-state index in [4.69, 9.17) is 24.4 Å². The Morgan fingerprint density at radius 1 is 1.06 bits per heavy atom. The number of para-hydroxylation sites is 1. The van der Waals surface area contributed by atoms with E-state index >= 15 is 0 Å². The van der Waals surface area contributed by atoms with Gasteiger partial charge in [-0.1, -0.05) is 6.07 Å². The minimum absolute atomic E-state index is 0. The van der Waals surface area contributed by atoms with Crippen molar-refractivity contribution in [3.63, 3.8) is 0 Å². The maximum absolute atomic E-state index is 12.6. The molecule has 1 fully saturated rings. The van der Waals surface area contributed by atoms with Crippen LogP contribution in [0.15, 0.2) is 53.4 Å². The van der Waals surface area contributed by atoms with Crippen LogP contribution in [0.2, 0.25) is 0 Å². The van der Waals surface area contributed by atoms with E-state index in [1.54, 1.807) is 44.3 Å². The second-order valence-corrected chi connectivity index (χ2v) is 7.85. The zero-order chi connectivity index (χ0) is 25.5. The van der Waals surface area contributed by atoms with Crippen molar-refractivity contribution >= 4 is 11.9 Å². The van der Waals surface area contributed by atoms with Gasteiger partial charge in [-0.3, -0.25) is 4.57 Å². The van der Waals surface area contributed by atoms with Crippen LogP contribution >= 0.6 is 0 Å². The molecule has 5 rings (SSSR count). The number of nitrogens with zero attached hydrogens (tertiary/aromatic N) is 6. The van der Waals surface area contributed by atoms with Crippen molar-refractivity contribution in [2.24, 2.45) is 0 Å². The van der Waals surface area contributed by atoms with E-state index in [9.17, 15) is 4.39 Å². The van der Waals surface area contributed by atoms with E-state index in [0.29, 0.717) is 34.7 Å². The monoisotopic (exact) mass is 499 g/mol. The number of nitrogens with two attached hydrogens (primary N) is 1. The van der Waals surface area contributed by atoms with Crippen LogP contribution in [0.4, 0.5) is 16.3 Å². The number of halogens is 1. The van der Waals surface area contributed by atoms with Gasteiger partial charge < -0.3 is 29.3 Å². The van der Waals surface area contributed by atoms with Crippen LogP contribution in [-0.2, 0) is 4.74 Å². The predicted molar refractivity (Wildman–Crippen MR) is 133 cm³/mol. The first-order valence-electron chi connectivity index (χ1n) is 11.3. The first-order valence-corrected chi connectivity index (χ1v) is 11.3. The van der Waals surface area contributed by atoms with Gasteiger partial charge in [-0.25, -0.2) is 14.4 Å². The highest BCUT2D eigenvalue weighted by molar-refractivity contribution is 5.65. The highest BCUT2D eigenvalue weighted by atomic mass is 19.1. The van der Waals surface area contributed by atoms with Crippen molar-refractivity contribution in [2.45, 2.75) is 18.9 Å². The number of furan rings is 1. The van der Waals surface area contributed by atoms with Crippen molar-refractivity contribution in [2.75, 3.05) is 45.1 Å². The lowest BCUT2D eigenvalue weighted by Gasteiger charge is -2.31. The fraction of sp³-hybridized carbons (Fsp3) is 0.333. The number of hydrogen-bond donors (Lipinski definition) is 1. The molecule has 3 aromatic heterocycles. The Bertz CT molecular complexity index is 1230. The smallest absolute Gasteiger partial charge is 0.227 e. The fourth-order valence-electron chi connectivity index (χ4n) is 3.92. The molecular formula is C24H30FN7O4. The van der Waals surface area contributed by atoms with Gasteiger partial charge in [-0.05, 0) is 37.1 Å². The van der Waals surface area contributed by atoms with Gasteiger partial charge in [0, 0.05) is 21.6 Å². The summed E-state index contributed by atoms with van der Waals surface area (Å²) in [5.41, 5.74) is 6.58. The van der Waals surface area contributed by atoms with Gasteiger partial charge in [0.2, 0.25) is 17.7 Å². The lowest BCUT2D eigenvalue weighted by molar-refractivity contribution is 0.0889. The lowest BCUT2D eigenvalue weighted by atomic mass is 10.1. The van der Waals surface area contributed by atoms with Crippen molar-refractivity contribution in [1.82, 2.24) is 24.7 Å². The number of piperidine rings is 1. The van der Waals surface area contributed by atoms with Crippen LogP contribution < -0.4 is 20.1 Å². The lowest BCUT2D eigenvalue weighted by Crippen LogP contribution is -2.40. The molecule has 11 nitrogen and oxygen atoms in total. The van der Waals surface area contributed by atoms with Crippen molar-refractivity contribution in [1.29, 1.82) is 0 Å². The largest absolute Gasteiger partial charge is 0.494 e. The molecule has 0 saturated carbocycles. The summed E-state index contributed by atoms with van der Waals surface area (Å²) in [6, 6.07) is 8.99. The van der Waals surface area contributed by atoms with E-state index in [2.05, 4.69) is 20.2 Å². The highest BCUT2D eigenvalue weighted by Gasteiger charge is 2.22. The molecule has 0 amide bonds. The Kier molecular flexibility index (Phi) is 7.95. The minimum atomic E-state index is -0.404. The van der Waals surface area contributed by atoms with Crippen molar-refractivity contribution in [3.05, 3.63) is 54.8 Å². The highest BCUT2D eigenvalue weighted by Crippen LogP contribution is 2.36. The van der Waals surface area contributed by atoms with E-state index < -0.39 is 5.82 Å². The molecule has 0 unspecified atom stereocenters. The number of nitrogen functional groups attached to an aromatic ring is 1. The summed E-state index contributed by atoms with van der Waals surface area (Å²) in [6.07, 6.45) is 6.29. The molecule has 36 heavy (non-hydrogen) atoms. The first-order chi connectivity index (χ1) is 17.5. The standard InChI is InChI=1S/C14H14N4O3.C10H14FN3O.H2/c1-19-9-5-3-6-10(20-2)12(9)18-13(16-17-14(18)15)11-7-4-8-21-11;1-15-9-3-2-4-14(7-9)10-12-5-8(11)6-13-10;/h3-8H,1-2H3,(H2,15,17);5-6,9H,2-4,7H2,1H3;1H/t;9-;/m.0./s1. The maximum Gasteiger partial charge on any atom is 0.227 e. The average Bonchev–Trinajstić information content (AvgIpc) is 3.58.